The summed E-state index contributed by atoms with van der Waals surface area (Å²) < 4.78 is 7.59. The number of rotatable bonds is 5. The zero-order chi connectivity index (χ0) is 37.5. The largest absolute Gasteiger partial charge is 0.350 e. The minimum Gasteiger partial charge on any atom is -0.350 e. The highest BCUT2D eigenvalue weighted by Gasteiger charge is 2.27. The van der Waals surface area contributed by atoms with Crippen LogP contribution in [-0.4, -0.2) is 10.4 Å². The number of benzene rings is 8. The molecule has 0 bridgehead atoms. The summed E-state index contributed by atoms with van der Waals surface area (Å²) in [5, 5.41) is 15.2. The molecule has 0 fully saturated rings. The molecule has 4 nitrogen and oxygen atoms in total. The van der Waals surface area contributed by atoms with E-state index in [4.69, 9.17) is 4.99 Å². The lowest BCUT2D eigenvalue weighted by Crippen LogP contribution is -2.45. The number of fused-ring (bicyclic) bond motifs is 9. The molecular weight excluding hydrogens is 733 g/mol. The maximum atomic E-state index is 5.33. The van der Waals surface area contributed by atoms with Crippen molar-refractivity contribution in [3.63, 3.8) is 0 Å². The Labute approximate surface area is 337 Å². The summed E-state index contributed by atoms with van der Waals surface area (Å²) in [5.41, 5.74) is 9.61. The predicted molar refractivity (Wildman–Crippen MR) is 243 cm³/mol. The van der Waals surface area contributed by atoms with Gasteiger partial charge in [0.1, 0.15) is 18.2 Å². The van der Waals surface area contributed by atoms with Gasteiger partial charge >= 0.3 is 0 Å². The molecule has 2 N–H and O–H groups in total. The highest BCUT2D eigenvalue weighted by Crippen LogP contribution is 2.45. The van der Waals surface area contributed by atoms with Gasteiger partial charge in [0, 0.05) is 56.7 Å². The van der Waals surface area contributed by atoms with Gasteiger partial charge in [-0.15, -0.1) is 22.7 Å². The summed E-state index contributed by atoms with van der Waals surface area (Å²) in [5.74, 6) is 0.901. The summed E-state index contributed by atoms with van der Waals surface area (Å²) in [4.78, 5) is 5.33. The Hall–Kier alpha value is -6.57. The van der Waals surface area contributed by atoms with Crippen LogP contribution in [-0.2, 0) is 0 Å². The lowest BCUT2D eigenvalue weighted by molar-refractivity contribution is 0.409. The summed E-state index contributed by atoms with van der Waals surface area (Å²) in [7, 11) is 0. The van der Waals surface area contributed by atoms with Crippen LogP contribution < -0.4 is 10.6 Å². The SMILES string of the molecule is c1ccc(C2N=C(c3cccc4sc5c(-c6ccc7c(c6)sc6cccc(-n8c9ccccc9c9ccccc98)c67)cccc5c34)NC(c3ccccc3)N2)cc1. The number of thiophene rings is 2. The maximum absolute atomic E-state index is 5.33. The molecule has 0 saturated heterocycles. The Balaban J connectivity index is 1.000. The Bertz CT molecular complexity index is 3320. The predicted octanol–water partition coefficient (Wildman–Crippen LogP) is 13.5. The molecule has 6 heteroatoms. The van der Waals surface area contributed by atoms with Crippen molar-refractivity contribution in [3.05, 3.63) is 199 Å². The fraction of sp³-hybridized carbons (Fsp3) is 0.0392. The van der Waals surface area contributed by atoms with Crippen LogP contribution in [0, 0.1) is 0 Å². The smallest absolute Gasteiger partial charge is 0.132 e. The molecule has 0 radical (unpaired) electrons. The summed E-state index contributed by atoms with van der Waals surface area (Å²) in [6.45, 7) is 0. The first-order chi connectivity index (χ1) is 28.3. The van der Waals surface area contributed by atoms with E-state index >= 15 is 0 Å². The van der Waals surface area contributed by atoms with Crippen LogP contribution in [0.15, 0.2) is 187 Å². The van der Waals surface area contributed by atoms with E-state index in [0.29, 0.717) is 0 Å². The van der Waals surface area contributed by atoms with Crippen molar-refractivity contribution in [1.82, 2.24) is 15.2 Å². The van der Waals surface area contributed by atoms with E-state index in [1.807, 2.05) is 22.7 Å². The van der Waals surface area contributed by atoms with Crippen molar-refractivity contribution < 1.29 is 0 Å². The number of para-hydroxylation sites is 2. The van der Waals surface area contributed by atoms with Gasteiger partial charge in [0.2, 0.25) is 0 Å². The molecule has 0 saturated carbocycles. The van der Waals surface area contributed by atoms with Gasteiger partial charge in [-0.3, -0.25) is 5.32 Å². The van der Waals surface area contributed by atoms with Crippen molar-refractivity contribution >= 4 is 90.7 Å². The normalized spacial score (nSPS) is 15.9. The standard InChI is InChI=1S/C51H34N4S2/c1-3-14-31(15-4-1)49-52-50(32-16-5-2-6-17-32)54-51(53-49)39-22-12-26-43-46(39)38-21-11-20-34(48(38)57-43)33-28-29-37-45(30-33)56-44-27-13-25-42(47(37)44)55-40-23-9-7-18-35(40)36-19-8-10-24-41(36)55/h1-30,49-50,52H,(H,53,54). The molecule has 1 aliphatic heterocycles. The van der Waals surface area contributed by atoms with E-state index in [9.17, 15) is 0 Å². The quantitative estimate of drug-likeness (QED) is 0.183. The molecule has 2 atom stereocenters. The van der Waals surface area contributed by atoms with Gasteiger partial charge in [-0.05, 0) is 58.7 Å². The van der Waals surface area contributed by atoms with Crippen molar-refractivity contribution in [2.45, 2.75) is 12.3 Å². The zero-order valence-electron chi connectivity index (χ0n) is 30.7. The Morgan fingerprint density at radius 2 is 1.11 bits per heavy atom. The van der Waals surface area contributed by atoms with Crippen LogP contribution in [0.4, 0.5) is 0 Å². The average Bonchev–Trinajstić information content (AvgIpc) is 3.96. The number of nitrogens with zero attached hydrogens (tertiary/aromatic N) is 2. The lowest BCUT2D eigenvalue weighted by atomic mass is 9.99. The van der Waals surface area contributed by atoms with Crippen LogP contribution >= 0.6 is 22.7 Å². The second-order valence-electron chi connectivity index (χ2n) is 14.7. The number of amidine groups is 1. The molecule has 1 aliphatic rings. The van der Waals surface area contributed by atoms with E-state index in [2.05, 4.69) is 197 Å². The number of hydrogen-bond acceptors (Lipinski definition) is 5. The van der Waals surface area contributed by atoms with E-state index < -0.39 is 0 Å². The third kappa shape index (κ3) is 5.19. The third-order valence-electron chi connectivity index (χ3n) is 11.5. The first-order valence-corrected chi connectivity index (χ1v) is 21.0. The zero-order valence-corrected chi connectivity index (χ0v) is 32.3. The van der Waals surface area contributed by atoms with Crippen LogP contribution in [0.2, 0.25) is 0 Å². The molecule has 2 unspecified atom stereocenters. The van der Waals surface area contributed by atoms with Gasteiger partial charge in [0.25, 0.3) is 0 Å². The molecule has 11 aromatic rings. The average molecular weight is 767 g/mol. The molecule has 0 amide bonds. The molecule has 57 heavy (non-hydrogen) atoms. The third-order valence-corrected chi connectivity index (χ3v) is 13.8. The van der Waals surface area contributed by atoms with Crippen molar-refractivity contribution in [1.29, 1.82) is 0 Å². The van der Waals surface area contributed by atoms with Gasteiger partial charge in [-0.1, -0.05) is 146 Å². The Morgan fingerprint density at radius 1 is 0.474 bits per heavy atom. The number of aromatic nitrogens is 1. The van der Waals surface area contributed by atoms with Crippen LogP contribution in [0.25, 0.3) is 79.0 Å². The van der Waals surface area contributed by atoms with Gasteiger partial charge in [0.15, 0.2) is 0 Å². The Morgan fingerprint density at radius 3 is 1.88 bits per heavy atom. The molecule has 0 spiro atoms. The number of aliphatic imine (C=N–C) groups is 1. The van der Waals surface area contributed by atoms with Crippen molar-refractivity contribution in [3.8, 4) is 16.8 Å². The van der Waals surface area contributed by atoms with Gasteiger partial charge in [-0.2, -0.15) is 0 Å². The monoisotopic (exact) mass is 766 g/mol. The summed E-state index contributed by atoms with van der Waals surface area (Å²) in [6.07, 6.45) is -0.282. The minimum absolute atomic E-state index is 0.0943. The molecule has 4 heterocycles. The molecule has 12 rings (SSSR count). The maximum Gasteiger partial charge on any atom is 0.132 e. The minimum atomic E-state index is -0.188. The van der Waals surface area contributed by atoms with Gasteiger partial charge < -0.3 is 9.88 Å². The number of hydrogen-bond donors (Lipinski definition) is 2. The fourth-order valence-corrected chi connectivity index (χ4v) is 11.4. The number of nitrogens with one attached hydrogen (secondary N) is 2. The van der Waals surface area contributed by atoms with Crippen LogP contribution in [0.3, 0.4) is 0 Å². The highest BCUT2D eigenvalue weighted by molar-refractivity contribution is 7.26. The molecular formula is C51H34N4S2. The van der Waals surface area contributed by atoms with E-state index in [0.717, 1.165) is 17.0 Å². The Kier molecular flexibility index (Phi) is 7.45. The topological polar surface area (TPSA) is 41.4 Å². The second-order valence-corrected chi connectivity index (χ2v) is 16.9. The first kappa shape index (κ1) is 32.7. The van der Waals surface area contributed by atoms with E-state index in [1.54, 1.807) is 0 Å². The van der Waals surface area contributed by atoms with E-state index in [1.165, 1.54) is 84.5 Å². The molecule has 0 aliphatic carbocycles. The molecule has 3 aromatic heterocycles. The summed E-state index contributed by atoms with van der Waals surface area (Å²) in [6, 6.07) is 65.9. The first-order valence-electron chi connectivity index (χ1n) is 19.4. The second kappa shape index (κ2) is 13.0. The molecule has 270 valence electrons. The highest BCUT2D eigenvalue weighted by atomic mass is 32.1. The van der Waals surface area contributed by atoms with Crippen LogP contribution in [0.5, 0.6) is 0 Å². The van der Waals surface area contributed by atoms with Crippen molar-refractivity contribution in [2.75, 3.05) is 0 Å². The van der Waals surface area contributed by atoms with E-state index in [-0.39, 0.29) is 12.3 Å². The van der Waals surface area contributed by atoms with Gasteiger partial charge in [0.05, 0.1) is 16.7 Å². The molecule has 8 aromatic carbocycles. The fourth-order valence-electron chi connectivity index (χ4n) is 8.93. The summed E-state index contributed by atoms with van der Waals surface area (Å²) >= 11 is 3.75. The van der Waals surface area contributed by atoms with Gasteiger partial charge in [-0.25, -0.2) is 4.99 Å². The lowest BCUT2D eigenvalue weighted by Gasteiger charge is -2.32. The van der Waals surface area contributed by atoms with Crippen LogP contribution in [0.1, 0.15) is 29.0 Å². The van der Waals surface area contributed by atoms with Crippen molar-refractivity contribution in [2.24, 2.45) is 4.99 Å².